The fourth-order valence-corrected chi connectivity index (χ4v) is 1.83. The van der Waals surface area contributed by atoms with Crippen LogP contribution in [-0.4, -0.2) is 19.7 Å². The first-order valence-electron chi connectivity index (χ1n) is 4.35. The highest BCUT2D eigenvalue weighted by molar-refractivity contribution is 7.63. The Morgan fingerprint density at radius 3 is 2.31 bits per heavy atom. The van der Waals surface area contributed by atoms with Crippen molar-refractivity contribution in [3.05, 3.63) is 24.3 Å². The highest BCUT2D eigenvalue weighted by Gasteiger charge is 2.32. The van der Waals surface area contributed by atoms with Crippen molar-refractivity contribution in [2.45, 2.75) is 6.36 Å². The van der Waals surface area contributed by atoms with Crippen LogP contribution in [0.4, 0.5) is 18.9 Å². The van der Waals surface area contributed by atoms with Gasteiger partial charge in [-0.2, -0.15) is 0 Å². The second-order valence-corrected chi connectivity index (χ2v) is 6.43. The van der Waals surface area contributed by atoms with Gasteiger partial charge in [0.2, 0.25) is 0 Å². The van der Waals surface area contributed by atoms with Gasteiger partial charge in [0.15, 0.2) is 13.0 Å². The zero-order valence-corrected chi connectivity index (χ0v) is 9.60. The molecule has 0 saturated carbocycles. The van der Waals surface area contributed by atoms with Gasteiger partial charge in [0.25, 0.3) is 0 Å². The molecule has 16 heavy (non-hydrogen) atoms. The Bertz CT molecular complexity index is 413. The predicted octanol–water partition coefficient (Wildman–Crippen LogP) is 3.53. The van der Waals surface area contributed by atoms with Crippen LogP contribution in [0.2, 0.25) is 0 Å². The van der Waals surface area contributed by atoms with Crippen molar-refractivity contribution >= 4 is 13.0 Å². The van der Waals surface area contributed by atoms with E-state index in [1.54, 1.807) is 0 Å². The van der Waals surface area contributed by atoms with Crippen molar-refractivity contribution in [2.24, 2.45) is 0 Å². The summed E-state index contributed by atoms with van der Waals surface area (Å²) >= 11 is 0. The monoisotopic (exact) mass is 253 g/mol. The standard InChI is InChI=1S/C9H11F3NO2P/c1-16(2,14)13-7-5-3-4-6-8(7)15-9(10,11)12/h3-6H,1-2H3,(H,13,14). The van der Waals surface area contributed by atoms with Gasteiger partial charge in [-0.25, -0.2) is 0 Å². The van der Waals surface area contributed by atoms with E-state index in [1.165, 1.54) is 31.5 Å². The van der Waals surface area contributed by atoms with E-state index in [-0.39, 0.29) is 11.4 Å². The largest absolute Gasteiger partial charge is 0.573 e. The molecule has 1 N–H and O–H groups in total. The van der Waals surface area contributed by atoms with E-state index in [0.29, 0.717) is 0 Å². The average Bonchev–Trinajstić information content (AvgIpc) is 2.03. The lowest BCUT2D eigenvalue weighted by Gasteiger charge is -2.16. The molecule has 0 unspecified atom stereocenters. The Morgan fingerprint density at radius 2 is 1.81 bits per heavy atom. The molecule has 0 spiro atoms. The minimum atomic E-state index is -4.76. The summed E-state index contributed by atoms with van der Waals surface area (Å²) in [6, 6.07) is 5.47. The van der Waals surface area contributed by atoms with Gasteiger partial charge in [0, 0.05) is 13.3 Å². The van der Waals surface area contributed by atoms with Crippen LogP contribution in [0.1, 0.15) is 0 Å². The van der Waals surface area contributed by atoms with Crippen molar-refractivity contribution in [2.75, 3.05) is 18.4 Å². The summed E-state index contributed by atoms with van der Waals surface area (Å²) in [6.45, 7) is 2.83. The third-order valence-corrected chi connectivity index (χ3v) is 2.28. The summed E-state index contributed by atoms with van der Waals surface area (Å²) in [7, 11) is -2.68. The number of hydrogen-bond acceptors (Lipinski definition) is 2. The molecule has 0 aliphatic rings. The number of alkyl halides is 3. The molecule has 0 amide bonds. The zero-order valence-electron chi connectivity index (χ0n) is 8.71. The highest BCUT2D eigenvalue weighted by Crippen LogP contribution is 2.41. The summed E-state index contributed by atoms with van der Waals surface area (Å²) in [5.74, 6) is -0.390. The van der Waals surface area contributed by atoms with Gasteiger partial charge < -0.3 is 14.4 Å². The van der Waals surface area contributed by atoms with Crippen molar-refractivity contribution in [3.8, 4) is 5.75 Å². The first-order chi connectivity index (χ1) is 7.17. The summed E-state index contributed by atoms with van der Waals surface area (Å²) in [6.07, 6.45) is -4.76. The quantitative estimate of drug-likeness (QED) is 0.837. The topological polar surface area (TPSA) is 38.3 Å². The predicted molar refractivity (Wildman–Crippen MR) is 56.2 cm³/mol. The number of nitrogens with one attached hydrogen (secondary N) is 1. The number of halogens is 3. The maximum absolute atomic E-state index is 12.0. The van der Waals surface area contributed by atoms with Crippen LogP contribution in [0.25, 0.3) is 0 Å². The molecule has 1 aromatic rings. The lowest BCUT2D eigenvalue weighted by Crippen LogP contribution is -2.17. The molecule has 0 aliphatic carbocycles. The smallest absolute Gasteiger partial charge is 0.404 e. The van der Waals surface area contributed by atoms with Gasteiger partial charge in [0.05, 0.1) is 5.69 Å². The first kappa shape index (κ1) is 12.9. The van der Waals surface area contributed by atoms with E-state index in [9.17, 15) is 17.7 Å². The van der Waals surface area contributed by atoms with Gasteiger partial charge >= 0.3 is 6.36 Å². The lowest BCUT2D eigenvalue weighted by molar-refractivity contribution is -0.274. The zero-order chi connectivity index (χ0) is 12.4. The second-order valence-electron chi connectivity index (χ2n) is 3.51. The molecule has 0 atom stereocenters. The minimum absolute atomic E-state index is 0.0631. The lowest BCUT2D eigenvalue weighted by atomic mass is 10.3. The molecule has 0 fully saturated rings. The van der Waals surface area contributed by atoms with Crippen molar-refractivity contribution < 1.29 is 22.5 Å². The Kier molecular flexibility index (Phi) is 3.53. The van der Waals surface area contributed by atoms with Crippen LogP contribution in [-0.2, 0) is 4.57 Å². The molecule has 0 saturated heterocycles. The number of anilines is 1. The van der Waals surface area contributed by atoms with Gasteiger partial charge in [0.1, 0.15) is 0 Å². The fourth-order valence-electron chi connectivity index (χ4n) is 1.06. The van der Waals surface area contributed by atoms with Crippen LogP contribution < -0.4 is 9.82 Å². The van der Waals surface area contributed by atoms with Gasteiger partial charge in [-0.05, 0) is 12.1 Å². The van der Waals surface area contributed by atoms with E-state index >= 15 is 0 Å². The molecule has 3 nitrogen and oxygen atoms in total. The average molecular weight is 253 g/mol. The van der Waals surface area contributed by atoms with Crippen LogP contribution in [0.5, 0.6) is 5.75 Å². The van der Waals surface area contributed by atoms with Crippen LogP contribution in [0.3, 0.4) is 0 Å². The molecular weight excluding hydrogens is 242 g/mol. The van der Waals surface area contributed by atoms with Crippen molar-refractivity contribution in [1.82, 2.24) is 0 Å². The summed E-state index contributed by atoms with van der Waals surface area (Å²) in [5, 5.41) is 2.50. The minimum Gasteiger partial charge on any atom is -0.404 e. The molecule has 0 bridgehead atoms. The maximum atomic E-state index is 12.0. The Morgan fingerprint density at radius 1 is 1.25 bits per heavy atom. The number of hydrogen-bond donors (Lipinski definition) is 1. The third kappa shape index (κ3) is 4.57. The summed E-state index contributed by atoms with van der Waals surface area (Å²) in [5.41, 5.74) is 0.0631. The molecular formula is C9H11F3NO2P. The molecule has 0 aromatic heterocycles. The second kappa shape index (κ2) is 4.37. The van der Waals surface area contributed by atoms with Gasteiger partial charge in [-0.1, -0.05) is 12.1 Å². The van der Waals surface area contributed by atoms with Crippen molar-refractivity contribution in [3.63, 3.8) is 0 Å². The third-order valence-electron chi connectivity index (χ3n) is 1.50. The Balaban J connectivity index is 2.97. The molecule has 7 heteroatoms. The van der Waals surface area contributed by atoms with E-state index in [4.69, 9.17) is 0 Å². The Labute approximate surface area is 91.0 Å². The number of rotatable bonds is 3. The molecule has 0 heterocycles. The van der Waals surface area contributed by atoms with E-state index in [2.05, 4.69) is 9.82 Å². The maximum Gasteiger partial charge on any atom is 0.573 e. The van der Waals surface area contributed by atoms with Crippen LogP contribution >= 0.6 is 7.29 Å². The SMILES string of the molecule is CP(C)(=O)Nc1ccccc1OC(F)(F)F. The molecule has 0 aliphatic heterocycles. The summed E-state index contributed by atoms with van der Waals surface area (Å²) < 4.78 is 51.4. The molecule has 1 rings (SSSR count). The molecule has 1 aromatic carbocycles. The van der Waals surface area contributed by atoms with Gasteiger partial charge in [-0.3, -0.25) is 0 Å². The highest BCUT2D eigenvalue weighted by atomic mass is 31.2. The molecule has 90 valence electrons. The van der Waals surface area contributed by atoms with Crippen LogP contribution in [0.15, 0.2) is 24.3 Å². The van der Waals surface area contributed by atoms with Gasteiger partial charge in [-0.15, -0.1) is 13.2 Å². The fraction of sp³-hybridized carbons (Fsp3) is 0.333. The molecule has 0 radical (unpaired) electrons. The van der Waals surface area contributed by atoms with E-state index < -0.39 is 13.7 Å². The number of para-hydroxylation sites is 2. The number of ether oxygens (including phenoxy) is 1. The van der Waals surface area contributed by atoms with Crippen LogP contribution in [0, 0.1) is 0 Å². The van der Waals surface area contributed by atoms with E-state index in [1.807, 2.05) is 0 Å². The van der Waals surface area contributed by atoms with Crippen molar-refractivity contribution in [1.29, 1.82) is 0 Å². The van der Waals surface area contributed by atoms with E-state index in [0.717, 1.165) is 6.07 Å². The summed E-state index contributed by atoms with van der Waals surface area (Å²) in [4.78, 5) is 0. The Hall–Kier alpha value is -1.16. The number of benzene rings is 1. The first-order valence-corrected chi connectivity index (χ1v) is 6.95. The normalized spacial score (nSPS) is 12.3.